The molecule has 0 aromatic heterocycles. The van der Waals surface area contributed by atoms with Gasteiger partial charge in [-0.15, -0.1) is 0 Å². The van der Waals surface area contributed by atoms with Gasteiger partial charge in [0.2, 0.25) is 0 Å². The minimum Gasteiger partial charge on any atom is -0.497 e. The number of methoxy groups -OCH3 is 1. The number of ether oxygens (including phenoxy) is 2. The van der Waals surface area contributed by atoms with Crippen LogP contribution < -0.4 is 4.74 Å². The lowest BCUT2D eigenvalue weighted by Gasteiger charge is -2.31. The molecule has 88 valence electrons. The zero-order chi connectivity index (χ0) is 11.4. The summed E-state index contributed by atoms with van der Waals surface area (Å²) in [5, 5.41) is 0. The highest BCUT2D eigenvalue weighted by atomic mass is 16.5. The second kappa shape index (κ2) is 5.32. The number of benzene rings is 1. The van der Waals surface area contributed by atoms with Crippen molar-refractivity contribution in [3.8, 4) is 5.75 Å². The van der Waals surface area contributed by atoms with Crippen molar-refractivity contribution < 1.29 is 9.47 Å². The summed E-state index contributed by atoms with van der Waals surface area (Å²) in [5.74, 6) is 0.929. The predicted molar refractivity (Wildman–Crippen MR) is 63.7 cm³/mol. The van der Waals surface area contributed by atoms with Crippen molar-refractivity contribution in [1.82, 2.24) is 4.90 Å². The third kappa shape index (κ3) is 2.97. The van der Waals surface area contributed by atoms with Crippen LogP contribution in [0.15, 0.2) is 24.3 Å². The first-order valence-corrected chi connectivity index (χ1v) is 5.75. The first-order valence-electron chi connectivity index (χ1n) is 5.75. The normalized spacial score (nSPS) is 22.0. The fourth-order valence-electron chi connectivity index (χ4n) is 2.06. The molecule has 1 aromatic carbocycles. The molecule has 16 heavy (non-hydrogen) atoms. The van der Waals surface area contributed by atoms with Crippen LogP contribution in [0.5, 0.6) is 5.75 Å². The van der Waals surface area contributed by atoms with Gasteiger partial charge in [-0.1, -0.05) is 12.1 Å². The van der Waals surface area contributed by atoms with E-state index in [9.17, 15) is 0 Å². The Morgan fingerprint density at radius 2 is 2.38 bits per heavy atom. The molecule has 1 fully saturated rings. The van der Waals surface area contributed by atoms with Crippen LogP contribution >= 0.6 is 0 Å². The third-order valence-electron chi connectivity index (χ3n) is 2.87. The molecule has 1 atom stereocenters. The molecule has 0 amide bonds. The first-order chi connectivity index (χ1) is 7.78. The van der Waals surface area contributed by atoms with Gasteiger partial charge in [0, 0.05) is 19.6 Å². The smallest absolute Gasteiger partial charge is 0.119 e. The minimum absolute atomic E-state index is 0.347. The van der Waals surface area contributed by atoms with Gasteiger partial charge in [0.1, 0.15) is 5.75 Å². The van der Waals surface area contributed by atoms with E-state index in [2.05, 4.69) is 24.0 Å². The molecule has 0 bridgehead atoms. The summed E-state index contributed by atoms with van der Waals surface area (Å²) < 4.78 is 10.7. The molecular weight excluding hydrogens is 202 g/mol. The fourth-order valence-corrected chi connectivity index (χ4v) is 2.06. The van der Waals surface area contributed by atoms with E-state index < -0.39 is 0 Å². The van der Waals surface area contributed by atoms with Crippen LogP contribution in [0.3, 0.4) is 0 Å². The van der Waals surface area contributed by atoms with E-state index >= 15 is 0 Å². The third-order valence-corrected chi connectivity index (χ3v) is 2.87. The van der Waals surface area contributed by atoms with Gasteiger partial charge in [0.05, 0.1) is 19.8 Å². The standard InChI is InChI=1S/C13H19NO2/c1-11-9-14(6-7-16-11)10-12-4-3-5-13(8-12)15-2/h3-5,8,11H,6-7,9-10H2,1-2H3/t11-/m0/s1. The molecular formula is C13H19NO2. The van der Waals surface area contributed by atoms with Crippen LogP contribution in [0.1, 0.15) is 12.5 Å². The van der Waals surface area contributed by atoms with Crippen molar-refractivity contribution in [3.05, 3.63) is 29.8 Å². The van der Waals surface area contributed by atoms with Crippen molar-refractivity contribution in [1.29, 1.82) is 0 Å². The monoisotopic (exact) mass is 221 g/mol. The summed E-state index contributed by atoms with van der Waals surface area (Å²) in [4.78, 5) is 2.42. The molecule has 0 aliphatic carbocycles. The number of hydrogen-bond acceptors (Lipinski definition) is 3. The quantitative estimate of drug-likeness (QED) is 0.778. The lowest BCUT2D eigenvalue weighted by molar-refractivity contribution is -0.0212. The van der Waals surface area contributed by atoms with Crippen molar-refractivity contribution >= 4 is 0 Å². The van der Waals surface area contributed by atoms with E-state index in [0.717, 1.165) is 32.0 Å². The van der Waals surface area contributed by atoms with Gasteiger partial charge in [0.25, 0.3) is 0 Å². The zero-order valence-corrected chi connectivity index (χ0v) is 9.98. The molecule has 1 aliphatic rings. The largest absolute Gasteiger partial charge is 0.497 e. The maximum Gasteiger partial charge on any atom is 0.119 e. The van der Waals surface area contributed by atoms with Gasteiger partial charge in [0.15, 0.2) is 0 Å². The zero-order valence-electron chi connectivity index (χ0n) is 9.98. The molecule has 1 heterocycles. The number of rotatable bonds is 3. The highest BCUT2D eigenvalue weighted by molar-refractivity contribution is 5.28. The van der Waals surface area contributed by atoms with Crippen molar-refractivity contribution in [2.24, 2.45) is 0 Å². The van der Waals surface area contributed by atoms with Crippen LogP contribution in [-0.2, 0) is 11.3 Å². The Labute approximate surface area is 97.0 Å². The summed E-state index contributed by atoms with van der Waals surface area (Å²) >= 11 is 0. The van der Waals surface area contributed by atoms with E-state index in [4.69, 9.17) is 9.47 Å². The topological polar surface area (TPSA) is 21.7 Å². The molecule has 0 unspecified atom stereocenters. The number of morpholine rings is 1. The lowest BCUT2D eigenvalue weighted by atomic mass is 10.2. The van der Waals surface area contributed by atoms with Crippen LogP contribution in [0.4, 0.5) is 0 Å². The van der Waals surface area contributed by atoms with Crippen molar-refractivity contribution in [3.63, 3.8) is 0 Å². The van der Waals surface area contributed by atoms with Crippen molar-refractivity contribution in [2.75, 3.05) is 26.8 Å². The maximum atomic E-state index is 5.52. The fraction of sp³-hybridized carbons (Fsp3) is 0.538. The Kier molecular flexibility index (Phi) is 3.80. The Morgan fingerprint density at radius 3 is 3.12 bits per heavy atom. The van der Waals surface area contributed by atoms with Crippen LogP contribution in [0, 0.1) is 0 Å². The number of hydrogen-bond donors (Lipinski definition) is 0. The molecule has 2 rings (SSSR count). The van der Waals surface area contributed by atoms with Gasteiger partial charge < -0.3 is 9.47 Å². The predicted octanol–water partition coefficient (Wildman–Crippen LogP) is 1.92. The molecule has 3 nitrogen and oxygen atoms in total. The highest BCUT2D eigenvalue weighted by Crippen LogP contribution is 2.15. The second-order valence-electron chi connectivity index (χ2n) is 4.27. The Balaban J connectivity index is 1.97. The molecule has 1 aromatic rings. The lowest BCUT2D eigenvalue weighted by Crippen LogP contribution is -2.40. The van der Waals surface area contributed by atoms with Gasteiger partial charge in [-0.3, -0.25) is 4.90 Å². The van der Waals surface area contributed by atoms with Crippen LogP contribution in [-0.4, -0.2) is 37.8 Å². The van der Waals surface area contributed by atoms with Crippen molar-refractivity contribution in [2.45, 2.75) is 19.6 Å². The van der Waals surface area contributed by atoms with Crippen LogP contribution in [0.25, 0.3) is 0 Å². The maximum absolute atomic E-state index is 5.52. The number of nitrogens with zero attached hydrogens (tertiary/aromatic N) is 1. The molecule has 1 aliphatic heterocycles. The molecule has 0 spiro atoms. The van der Waals surface area contributed by atoms with E-state index in [-0.39, 0.29) is 0 Å². The Hall–Kier alpha value is -1.06. The Bertz CT molecular complexity index is 340. The SMILES string of the molecule is COc1cccc(CN2CCO[C@@H](C)C2)c1. The molecule has 0 N–H and O–H groups in total. The molecule has 0 radical (unpaired) electrons. The summed E-state index contributed by atoms with van der Waals surface area (Å²) in [6.45, 7) is 5.96. The van der Waals surface area contributed by atoms with Gasteiger partial charge in [-0.2, -0.15) is 0 Å². The van der Waals surface area contributed by atoms with E-state index in [1.54, 1.807) is 7.11 Å². The summed E-state index contributed by atoms with van der Waals surface area (Å²) in [6, 6.07) is 8.26. The first kappa shape index (κ1) is 11.4. The highest BCUT2D eigenvalue weighted by Gasteiger charge is 2.16. The molecule has 3 heteroatoms. The van der Waals surface area contributed by atoms with Gasteiger partial charge in [-0.25, -0.2) is 0 Å². The summed E-state index contributed by atoms with van der Waals surface area (Å²) in [7, 11) is 1.70. The van der Waals surface area contributed by atoms with Gasteiger partial charge in [-0.05, 0) is 24.6 Å². The second-order valence-corrected chi connectivity index (χ2v) is 4.27. The summed E-state index contributed by atoms with van der Waals surface area (Å²) in [5.41, 5.74) is 1.30. The average Bonchev–Trinajstić information content (AvgIpc) is 2.29. The van der Waals surface area contributed by atoms with Gasteiger partial charge >= 0.3 is 0 Å². The molecule has 0 saturated carbocycles. The van der Waals surface area contributed by atoms with Crippen LogP contribution in [0.2, 0.25) is 0 Å². The van der Waals surface area contributed by atoms with E-state index in [1.165, 1.54) is 5.56 Å². The molecule has 1 saturated heterocycles. The summed E-state index contributed by atoms with van der Waals surface area (Å²) in [6.07, 6.45) is 0.347. The average molecular weight is 221 g/mol. The minimum atomic E-state index is 0.347. The van der Waals surface area contributed by atoms with E-state index in [1.807, 2.05) is 12.1 Å². The van der Waals surface area contributed by atoms with E-state index in [0.29, 0.717) is 6.10 Å². The Morgan fingerprint density at radius 1 is 1.50 bits per heavy atom.